The number of nitrogens with zero attached hydrogens (tertiary/aromatic N) is 3. The van der Waals surface area contributed by atoms with Crippen molar-refractivity contribution in [1.82, 2.24) is 15.1 Å². The highest BCUT2D eigenvalue weighted by atomic mass is 32.1. The first-order valence-electron chi connectivity index (χ1n) is 6.60. The molecular formula is C12H20N4OS. The van der Waals surface area contributed by atoms with E-state index >= 15 is 0 Å². The van der Waals surface area contributed by atoms with Gasteiger partial charge in [0, 0.05) is 19.1 Å². The fourth-order valence-electron chi connectivity index (χ4n) is 2.14. The lowest BCUT2D eigenvalue weighted by molar-refractivity contribution is 0.0634. The van der Waals surface area contributed by atoms with Crippen LogP contribution in [0.5, 0.6) is 0 Å². The summed E-state index contributed by atoms with van der Waals surface area (Å²) in [5, 5.41) is 12.4. The number of anilines is 1. The summed E-state index contributed by atoms with van der Waals surface area (Å²) >= 11 is 1.35. The average Bonchev–Trinajstić information content (AvgIpc) is 2.85. The van der Waals surface area contributed by atoms with Crippen LogP contribution in [0.4, 0.5) is 5.13 Å². The lowest BCUT2D eigenvalue weighted by Crippen LogP contribution is -2.42. The van der Waals surface area contributed by atoms with E-state index in [2.05, 4.69) is 29.4 Å². The molecule has 1 aromatic rings. The number of carbonyl (C=O) groups is 1. The molecule has 1 fully saturated rings. The normalized spacial score (nSPS) is 19.9. The van der Waals surface area contributed by atoms with Crippen LogP contribution < -0.4 is 5.32 Å². The van der Waals surface area contributed by atoms with Crippen LogP contribution in [0.25, 0.3) is 0 Å². The lowest BCUT2D eigenvalue weighted by atomic mass is 10.0. The van der Waals surface area contributed by atoms with E-state index in [4.69, 9.17) is 0 Å². The first-order valence-corrected chi connectivity index (χ1v) is 7.42. The number of likely N-dealkylation sites (tertiary alicyclic amines) is 1. The molecule has 0 radical (unpaired) electrons. The van der Waals surface area contributed by atoms with Gasteiger partial charge in [-0.1, -0.05) is 18.3 Å². The molecule has 1 aliphatic heterocycles. The van der Waals surface area contributed by atoms with E-state index in [0.717, 1.165) is 37.5 Å². The van der Waals surface area contributed by atoms with E-state index in [-0.39, 0.29) is 5.91 Å². The molecule has 0 aromatic carbocycles. The molecule has 100 valence electrons. The van der Waals surface area contributed by atoms with Gasteiger partial charge in [0.15, 0.2) is 0 Å². The Morgan fingerprint density at radius 1 is 1.50 bits per heavy atom. The second-order valence-electron chi connectivity index (χ2n) is 4.68. The molecule has 1 saturated heterocycles. The van der Waals surface area contributed by atoms with Crippen LogP contribution in [0.1, 0.15) is 49.3 Å². The monoisotopic (exact) mass is 268 g/mol. The molecule has 0 saturated carbocycles. The number of rotatable bonds is 4. The van der Waals surface area contributed by atoms with Crippen molar-refractivity contribution in [3.8, 4) is 0 Å². The molecule has 1 unspecified atom stereocenters. The van der Waals surface area contributed by atoms with Crippen LogP contribution in [-0.4, -0.2) is 40.1 Å². The van der Waals surface area contributed by atoms with Crippen molar-refractivity contribution in [3.63, 3.8) is 0 Å². The molecule has 5 nitrogen and oxygen atoms in total. The maximum atomic E-state index is 12.3. The molecule has 18 heavy (non-hydrogen) atoms. The SMILES string of the molecule is CCCNc1nnc(C(=O)N2CCCCC2C)s1. The van der Waals surface area contributed by atoms with Gasteiger partial charge in [0.1, 0.15) is 0 Å². The van der Waals surface area contributed by atoms with Crippen LogP contribution in [0.2, 0.25) is 0 Å². The quantitative estimate of drug-likeness (QED) is 0.911. The minimum Gasteiger partial charge on any atom is -0.360 e. The molecule has 0 bridgehead atoms. The summed E-state index contributed by atoms with van der Waals surface area (Å²) < 4.78 is 0. The van der Waals surface area contributed by atoms with Gasteiger partial charge in [0.25, 0.3) is 5.91 Å². The Kier molecular flexibility index (Phi) is 4.52. The Balaban J connectivity index is 2.01. The van der Waals surface area contributed by atoms with Crippen molar-refractivity contribution < 1.29 is 4.79 Å². The Morgan fingerprint density at radius 2 is 2.33 bits per heavy atom. The number of hydrogen-bond acceptors (Lipinski definition) is 5. The van der Waals surface area contributed by atoms with Crippen molar-refractivity contribution in [2.24, 2.45) is 0 Å². The van der Waals surface area contributed by atoms with Crippen LogP contribution >= 0.6 is 11.3 Å². The highest BCUT2D eigenvalue weighted by Crippen LogP contribution is 2.22. The van der Waals surface area contributed by atoms with Gasteiger partial charge in [-0.15, -0.1) is 10.2 Å². The average molecular weight is 268 g/mol. The fraction of sp³-hybridized carbons (Fsp3) is 0.750. The summed E-state index contributed by atoms with van der Waals surface area (Å²) in [5.41, 5.74) is 0. The summed E-state index contributed by atoms with van der Waals surface area (Å²) in [6.07, 6.45) is 4.43. The number of piperidine rings is 1. The standard InChI is InChI=1S/C12H20N4OS/c1-3-7-13-12-15-14-10(18-12)11(17)16-8-5-4-6-9(16)2/h9H,3-8H2,1-2H3,(H,13,15). The molecular weight excluding hydrogens is 248 g/mol. The number of carbonyl (C=O) groups excluding carboxylic acids is 1. The third-order valence-corrected chi connectivity index (χ3v) is 4.07. The van der Waals surface area contributed by atoms with Gasteiger partial charge < -0.3 is 10.2 Å². The van der Waals surface area contributed by atoms with Crippen molar-refractivity contribution in [1.29, 1.82) is 0 Å². The zero-order chi connectivity index (χ0) is 13.0. The Morgan fingerprint density at radius 3 is 3.06 bits per heavy atom. The maximum Gasteiger partial charge on any atom is 0.285 e. The van der Waals surface area contributed by atoms with E-state index in [0.29, 0.717) is 11.0 Å². The molecule has 1 amide bonds. The number of hydrogen-bond donors (Lipinski definition) is 1. The highest BCUT2D eigenvalue weighted by molar-refractivity contribution is 7.17. The van der Waals surface area contributed by atoms with Crippen LogP contribution in [0.15, 0.2) is 0 Å². The van der Waals surface area contributed by atoms with Crippen molar-refractivity contribution in [2.45, 2.75) is 45.6 Å². The summed E-state index contributed by atoms with van der Waals surface area (Å²) in [6, 6.07) is 0.321. The van der Waals surface area contributed by atoms with Gasteiger partial charge in [0.2, 0.25) is 10.1 Å². The Hall–Kier alpha value is -1.17. The van der Waals surface area contributed by atoms with Crippen molar-refractivity contribution >= 4 is 22.4 Å². The molecule has 0 aliphatic carbocycles. The first-order chi connectivity index (χ1) is 8.72. The topological polar surface area (TPSA) is 58.1 Å². The number of amides is 1. The van der Waals surface area contributed by atoms with E-state index in [1.165, 1.54) is 17.8 Å². The van der Waals surface area contributed by atoms with Crippen LogP contribution in [0.3, 0.4) is 0 Å². The van der Waals surface area contributed by atoms with Gasteiger partial charge in [-0.25, -0.2) is 0 Å². The summed E-state index contributed by atoms with van der Waals surface area (Å²) in [5.74, 6) is 0.0317. The molecule has 1 aliphatic rings. The molecule has 6 heteroatoms. The zero-order valence-corrected chi connectivity index (χ0v) is 11.8. The fourth-order valence-corrected chi connectivity index (χ4v) is 2.86. The minimum atomic E-state index is 0.0317. The van der Waals surface area contributed by atoms with Crippen LogP contribution in [-0.2, 0) is 0 Å². The molecule has 2 rings (SSSR count). The van der Waals surface area contributed by atoms with E-state index in [9.17, 15) is 4.79 Å². The third kappa shape index (κ3) is 2.98. The van der Waals surface area contributed by atoms with E-state index in [1.807, 2.05) is 4.90 Å². The largest absolute Gasteiger partial charge is 0.360 e. The second kappa shape index (κ2) is 6.13. The summed E-state index contributed by atoms with van der Waals surface area (Å²) in [7, 11) is 0. The molecule has 2 heterocycles. The molecule has 1 atom stereocenters. The number of aromatic nitrogens is 2. The highest BCUT2D eigenvalue weighted by Gasteiger charge is 2.26. The Labute approximate surface area is 112 Å². The molecule has 1 N–H and O–H groups in total. The van der Waals surface area contributed by atoms with Crippen molar-refractivity contribution in [2.75, 3.05) is 18.4 Å². The van der Waals surface area contributed by atoms with Gasteiger partial charge >= 0.3 is 0 Å². The van der Waals surface area contributed by atoms with E-state index in [1.54, 1.807) is 0 Å². The minimum absolute atomic E-state index is 0.0317. The predicted octanol–water partition coefficient (Wildman–Crippen LogP) is 2.37. The maximum absolute atomic E-state index is 12.3. The predicted molar refractivity (Wildman–Crippen MR) is 73.0 cm³/mol. The summed E-state index contributed by atoms with van der Waals surface area (Å²) in [4.78, 5) is 14.2. The zero-order valence-electron chi connectivity index (χ0n) is 11.0. The second-order valence-corrected chi connectivity index (χ2v) is 5.66. The third-order valence-electron chi connectivity index (χ3n) is 3.20. The molecule has 1 aromatic heterocycles. The van der Waals surface area contributed by atoms with E-state index < -0.39 is 0 Å². The Bertz CT molecular complexity index is 407. The lowest BCUT2D eigenvalue weighted by Gasteiger charge is -2.32. The number of nitrogens with one attached hydrogen (secondary N) is 1. The summed E-state index contributed by atoms with van der Waals surface area (Å²) in [6.45, 7) is 5.91. The van der Waals surface area contributed by atoms with Gasteiger partial charge in [0.05, 0.1) is 0 Å². The molecule has 0 spiro atoms. The van der Waals surface area contributed by atoms with Gasteiger partial charge in [-0.2, -0.15) is 0 Å². The van der Waals surface area contributed by atoms with Gasteiger partial charge in [-0.3, -0.25) is 4.79 Å². The van der Waals surface area contributed by atoms with Crippen molar-refractivity contribution in [3.05, 3.63) is 5.01 Å². The first kappa shape index (κ1) is 13.3. The van der Waals surface area contributed by atoms with Gasteiger partial charge in [-0.05, 0) is 32.6 Å². The smallest absolute Gasteiger partial charge is 0.285 e. The van der Waals surface area contributed by atoms with Crippen LogP contribution in [0, 0.1) is 0 Å².